The van der Waals surface area contributed by atoms with E-state index < -0.39 is 10.0 Å². The van der Waals surface area contributed by atoms with Crippen molar-refractivity contribution in [2.45, 2.75) is 23.9 Å². The zero-order chi connectivity index (χ0) is 15.7. The van der Waals surface area contributed by atoms with Crippen LogP contribution in [0.25, 0.3) is 0 Å². The average Bonchev–Trinajstić information content (AvgIpc) is 3.16. The molecule has 3 rings (SSSR count). The van der Waals surface area contributed by atoms with Gasteiger partial charge in [-0.15, -0.1) is 0 Å². The molecule has 0 bridgehead atoms. The van der Waals surface area contributed by atoms with Crippen molar-refractivity contribution in [2.24, 2.45) is 7.05 Å². The molecule has 3 heterocycles. The number of nitrogens with zero attached hydrogens (tertiary/aromatic N) is 4. The maximum absolute atomic E-state index is 12.8. The molecule has 0 aliphatic carbocycles. The van der Waals surface area contributed by atoms with E-state index in [1.54, 1.807) is 29.2 Å². The first kappa shape index (κ1) is 15.0. The van der Waals surface area contributed by atoms with Crippen LogP contribution in [0, 0.1) is 0 Å². The largest absolute Gasteiger partial charge is 0.373 e. The van der Waals surface area contributed by atoms with E-state index in [0.29, 0.717) is 6.54 Å². The van der Waals surface area contributed by atoms with Gasteiger partial charge in [0.25, 0.3) is 10.0 Å². The maximum atomic E-state index is 12.8. The molecule has 1 aliphatic rings. The number of anilines is 1. The molecule has 1 fully saturated rings. The summed E-state index contributed by atoms with van der Waals surface area (Å²) in [7, 11) is -0.0199. The Morgan fingerprint density at radius 3 is 2.86 bits per heavy atom. The summed E-state index contributed by atoms with van der Waals surface area (Å²) >= 11 is 0. The Labute approximate surface area is 130 Å². The molecule has 0 amide bonds. The van der Waals surface area contributed by atoms with Gasteiger partial charge in [-0.3, -0.25) is 0 Å². The van der Waals surface area contributed by atoms with Gasteiger partial charge in [0.1, 0.15) is 5.82 Å². The lowest BCUT2D eigenvalue weighted by Crippen LogP contribution is -2.31. The van der Waals surface area contributed by atoms with Gasteiger partial charge in [-0.1, -0.05) is 0 Å². The monoisotopic (exact) mass is 321 g/mol. The number of pyridine rings is 1. The fourth-order valence-corrected chi connectivity index (χ4v) is 4.45. The van der Waals surface area contributed by atoms with Crippen LogP contribution in [0.5, 0.6) is 0 Å². The SMILES string of the molecule is CNc1cc([C@H]2CCCN2S(=O)(=O)c2cn(C)cn2)ccn1. The van der Waals surface area contributed by atoms with Crippen LogP contribution in [0.3, 0.4) is 0 Å². The van der Waals surface area contributed by atoms with E-state index in [4.69, 9.17) is 0 Å². The van der Waals surface area contributed by atoms with E-state index >= 15 is 0 Å². The zero-order valence-corrected chi connectivity index (χ0v) is 13.4. The normalized spacial score (nSPS) is 19.5. The highest BCUT2D eigenvalue weighted by Crippen LogP contribution is 2.36. The van der Waals surface area contributed by atoms with Crippen molar-refractivity contribution in [1.82, 2.24) is 18.8 Å². The molecule has 1 saturated heterocycles. The molecular weight excluding hydrogens is 302 g/mol. The van der Waals surface area contributed by atoms with E-state index in [9.17, 15) is 8.42 Å². The van der Waals surface area contributed by atoms with Crippen LogP contribution < -0.4 is 5.32 Å². The van der Waals surface area contributed by atoms with Crippen molar-refractivity contribution in [2.75, 3.05) is 18.9 Å². The molecule has 118 valence electrons. The Hall–Kier alpha value is -1.93. The van der Waals surface area contributed by atoms with Crippen LogP contribution in [-0.4, -0.2) is 40.9 Å². The van der Waals surface area contributed by atoms with Gasteiger partial charge in [-0.2, -0.15) is 4.31 Å². The number of imidazole rings is 1. The second-order valence-electron chi connectivity index (χ2n) is 5.38. The first-order valence-corrected chi connectivity index (χ1v) is 8.60. The van der Waals surface area contributed by atoms with E-state index in [0.717, 1.165) is 24.2 Å². The van der Waals surface area contributed by atoms with Crippen molar-refractivity contribution in [3.8, 4) is 0 Å². The molecule has 2 aromatic rings. The first-order chi connectivity index (χ1) is 10.5. The third kappa shape index (κ3) is 2.59. The predicted molar refractivity (Wildman–Crippen MR) is 82.9 cm³/mol. The van der Waals surface area contributed by atoms with Gasteiger partial charge in [0, 0.05) is 33.0 Å². The van der Waals surface area contributed by atoms with Gasteiger partial charge >= 0.3 is 0 Å². The summed E-state index contributed by atoms with van der Waals surface area (Å²) < 4.78 is 28.8. The molecule has 1 atom stereocenters. The molecule has 1 N–H and O–H groups in total. The van der Waals surface area contributed by atoms with Crippen LogP contribution in [-0.2, 0) is 17.1 Å². The van der Waals surface area contributed by atoms with Gasteiger partial charge in [-0.05, 0) is 30.5 Å². The standard InChI is InChI=1S/C14H19N5O2S/c1-15-13-8-11(5-6-16-13)12-4-3-7-19(12)22(20,21)14-9-18(2)10-17-14/h5-6,8-10,12H,3-4,7H2,1-2H3,(H,15,16)/t12-/m1/s1. The van der Waals surface area contributed by atoms with Crippen LogP contribution in [0.2, 0.25) is 0 Å². The predicted octanol–water partition coefficient (Wildman–Crippen LogP) is 1.38. The van der Waals surface area contributed by atoms with Gasteiger partial charge < -0.3 is 9.88 Å². The third-order valence-electron chi connectivity index (χ3n) is 3.88. The summed E-state index contributed by atoms with van der Waals surface area (Å²) in [4.78, 5) is 8.19. The fraction of sp³-hybridized carbons (Fsp3) is 0.429. The number of hydrogen-bond acceptors (Lipinski definition) is 5. The molecule has 8 heteroatoms. The number of aryl methyl sites for hydroxylation is 1. The van der Waals surface area contributed by atoms with Gasteiger partial charge in [0.15, 0.2) is 5.03 Å². The van der Waals surface area contributed by atoms with Crippen molar-refractivity contribution in [3.63, 3.8) is 0 Å². The second kappa shape index (κ2) is 5.69. The Bertz CT molecular complexity index is 771. The van der Waals surface area contributed by atoms with Crippen LogP contribution in [0.15, 0.2) is 35.9 Å². The molecule has 2 aromatic heterocycles. The summed E-state index contributed by atoms with van der Waals surface area (Å²) in [6.07, 6.45) is 6.39. The van der Waals surface area contributed by atoms with Crippen molar-refractivity contribution >= 4 is 15.8 Å². The smallest absolute Gasteiger partial charge is 0.262 e. The maximum Gasteiger partial charge on any atom is 0.262 e. The number of hydrogen-bond donors (Lipinski definition) is 1. The van der Waals surface area contributed by atoms with Gasteiger partial charge in [0.05, 0.1) is 12.4 Å². The third-order valence-corrected chi connectivity index (χ3v) is 5.68. The lowest BCUT2D eigenvalue weighted by atomic mass is 10.1. The summed E-state index contributed by atoms with van der Waals surface area (Å²) in [5.41, 5.74) is 0.955. The minimum Gasteiger partial charge on any atom is -0.373 e. The molecular formula is C14H19N5O2S. The highest BCUT2D eigenvalue weighted by Gasteiger charge is 2.37. The minimum atomic E-state index is -3.57. The molecule has 0 spiro atoms. The molecule has 7 nitrogen and oxygen atoms in total. The Kier molecular flexibility index (Phi) is 3.88. The highest BCUT2D eigenvalue weighted by molar-refractivity contribution is 7.89. The highest BCUT2D eigenvalue weighted by atomic mass is 32.2. The Balaban J connectivity index is 1.96. The quantitative estimate of drug-likeness (QED) is 0.920. The first-order valence-electron chi connectivity index (χ1n) is 7.16. The lowest BCUT2D eigenvalue weighted by Gasteiger charge is -2.23. The van der Waals surface area contributed by atoms with E-state index in [-0.39, 0.29) is 11.1 Å². The van der Waals surface area contributed by atoms with E-state index in [1.807, 2.05) is 12.1 Å². The lowest BCUT2D eigenvalue weighted by molar-refractivity contribution is 0.395. The second-order valence-corrected chi connectivity index (χ2v) is 7.21. The summed E-state index contributed by atoms with van der Waals surface area (Å²) in [6, 6.07) is 3.61. The molecule has 0 unspecified atom stereocenters. The molecule has 0 aromatic carbocycles. The molecule has 0 saturated carbocycles. The van der Waals surface area contributed by atoms with Gasteiger partial charge in [0.2, 0.25) is 0 Å². The topological polar surface area (TPSA) is 80.1 Å². The minimum absolute atomic E-state index is 0.102. The Morgan fingerprint density at radius 1 is 1.36 bits per heavy atom. The summed E-state index contributed by atoms with van der Waals surface area (Å²) in [5, 5.41) is 3.09. The van der Waals surface area contributed by atoms with Crippen LogP contribution in [0.1, 0.15) is 24.4 Å². The molecule has 1 aliphatic heterocycles. The number of aromatic nitrogens is 3. The van der Waals surface area contributed by atoms with E-state index in [1.165, 1.54) is 12.5 Å². The number of rotatable bonds is 4. The Morgan fingerprint density at radius 2 is 2.18 bits per heavy atom. The molecule has 22 heavy (non-hydrogen) atoms. The van der Waals surface area contributed by atoms with Crippen molar-refractivity contribution in [1.29, 1.82) is 0 Å². The van der Waals surface area contributed by atoms with Crippen LogP contribution in [0.4, 0.5) is 5.82 Å². The fourth-order valence-electron chi connectivity index (χ4n) is 2.79. The van der Waals surface area contributed by atoms with Crippen molar-refractivity contribution < 1.29 is 8.42 Å². The van der Waals surface area contributed by atoms with E-state index in [2.05, 4.69) is 15.3 Å². The number of sulfonamides is 1. The molecule has 0 radical (unpaired) electrons. The summed E-state index contributed by atoms with van der Waals surface area (Å²) in [5.74, 6) is 0.736. The average molecular weight is 321 g/mol. The van der Waals surface area contributed by atoms with Crippen molar-refractivity contribution in [3.05, 3.63) is 36.4 Å². The zero-order valence-electron chi connectivity index (χ0n) is 12.6. The summed E-state index contributed by atoms with van der Waals surface area (Å²) in [6.45, 7) is 0.515. The van der Waals surface area contributed by atoms with Gasteiger partial charge in [-0.25, -0.2) is 18.4 Å². The van der Waals surface area contributed by atoms with Crippen LogP contribution >= 0.6 is 0 Å². The number of nitrogens with one attached hydrogen (secondary N) is 1.